The molecule has 138 heavy (non-hydrogen) atoms. The topological polar surface area (TPSA) is 19.7 Å². The Labute approximate surface area is 805 Å². The molecule has 28 aromatic rings. The van der Waals surface area contributed by atoms with Crippen LogP contribution in [0, 0.1) is 0 Å². The number of para-hydroxylation sites is 2. The van der Waals surface area contributed by atoms with Crippen LogP contribution in [0.2, 0.25) is 0 Å². The molecule has 0 N–H and O–H groups in total. The standard InChI is InChI=1S/2C66H42N2S/c1-4-15-43(16-5-1)47-27-32-63-59(39-47)60-41-49(48-28-33-62-58(40-48)55-23-10-12-25-61(55)68(62)54-30-31-57-56-24-11-13-26-65(56)69-66(57)42-54)29-34-64(60)67(63)53-22-14-21-46(38-53)52-36-50(44-17-6-2-7-18-44)35-51(37-52)45-19-8-3-9-20-45;1-4-15-43(16-5-1)47-27-31-63-58(39-47)59-41-49(48-28-32-62-57(40-48)55-23-10-12-25-61(55)68(62)54-30-34-66-60(42-54)56-24-11-13-26-65(56)69-66)29-33-64(59)67(63)53-22-14-21-46(38-53)52-36-50(44-17-6-2-7-18-44)35-51(37-52)45-19-8-3-9-20-45/h2*1-42H. The molecule has 0 saturated carbocycles. The third kappa shape index (κ3) is 13.9. The first-order valence-electron chi connectivity index (χ1n) is 47.3. The molecule has 0 bridgehead atoms. The Balaban J connectivity index is 0.000000139. The Morgan fingerprint density at radius 3 is 0.681 bits per heavy atom. The van der Waals surface area contributed by atoms with Gasteiger partial charge < -0.3 is 18.3 Å². The first-order chi connectivity index (χ1) is 68.4. The molecule has 6 aromatic heterocycles. The van der Waals surface area contributed by atoms with Gasteiger partial charge >= 0.3 is 0 Å². The SMILES string of the molecule is c1ccc(-c2cc(-c3ccccc3)cc(-c3cccc(-n4c5ccc(-c6ccccc6)cc5c5cc(-c6ccc7c(c6)c6ccccc6n7-c6ccc7c(c6)sc6ccccc67)ccc54)c3)c2)cc1.c1ccc(-c2cc(-c3ccccc3)cc(-c3cccc(-n4c5ccc(-c6ccccc6)cc5c5cc(-c6ccc7c(c6)c6ccccc6n7-c6ccc7sc8ccccc8c7c6)ccc54)c3)c2)cc1. The van der Waals surface area contributed by atoms with Gasteiger partial charge in [-0.15, -0.1) is 22.7 Å². The molecule has 0 aliphatic heterocycles. The van der Waals surface area contributed by atoms with Crippen LogP contribution in [-0.4, -0.2) is 18.3 Å². The second-order valence-electron chi connectivity index (χ2n) is 36.2. The van der Waals surface area contributed by atoms with Gasteiger partial charge in [0.2, 0.25) is 0 Å². The molecule has 644 valence electrons. The molecule has 22 aromatic carbocycles. The molecule has 6 heterocycles. The predicted molar refractivity (Wildman–Crippen MR) is 590 cm³/mol. The minimum atomic E-state index is 1.13. The van der Waals surface area contributed by atoms with E-state index < -0.39 is 0 Å². The van der Waals surface area contributed by atoms with Gasteiger partial charge in [-0.05, 0) is 299 Å². The van der Waals surface area contributed by atoms with Gasteiger partial charge in [0.05, 0.1) is 44.1 Å². The van der Waals surface area contributed by atoms with E-state index >= 15 is 0 Å². The maximum absolute atomic E-state index is 2.45. The van der Waals surface area contributed by atoms with Crippen LogP contribution in [0.25, 0.3) is 262 Å². The lowest BCUT2D eigenvalue weighted by atomic mass is 9.93. The Bertz CT molecular complexity index is 9570. The monoisotopic (exact) mass is 1790 g/mol. The highest BCUT2D eigenvalue weighted by Crippen LogP contribution is 2.48. The summed E-state index contributed by atoms with van der Waals surface area (Å²) in [6.07, 6.45) is 0. The molecule has 0 fully saturated rings. The van der Waals surface area contributed by atoms with Crippen LogP contribution in [0.3, 0.4) is 0 Å². The molecule has 0 spiro atoms. The lowest BCUT2D eigenvalue weighted by molar-refractivity contribution is 1.18. The summed E-state index contributed by atoms with van der Waals surface area (Å²) < 4.78 is 15.1. The van der Waals surface area contributed by atoms with Gasteiger partial charge in [0, 0.05) is 106 Å². The van der Waals surface area contributed by atoms with Crippen molar-refractivity contribution in [2.45, 2.75) is 0 Å². The van der Waals surface area contributed by atoms with Crippen molar-refractivity contribution in [1.29, 1.82) is 0 Å². The van der Waals surface area contributed by atoms with Gasteiger partial charge in [-0.1, -0.05) is 322 Å². The van der Waals surface area contributed by atoms with Gasteiger partial charge in [-0.3, -0.25) is 0 Å². The number of benzene rings is 22. The first-order valence-corrected chi connectivity index (χ1v) is 48.9. The van der Waals surface area contributed by atoms with E-state index in [1.54, 1.807) is 0 Å². The van der Waals surface area contributed by atoms with Crippen molar-refractivity contribution in [3.05, 3.63) is 510 Å². The average molecular weight is 1790 g/mol. The highest BCUT2D eigenvalue weighted by molar-refractivity contribution is 7.26. The number of hydrogen-bond acceptors (Lipinski definition) is 2. The van der Waals surface area contributed by atoms with Crippen LogP contribution < -0.4 is 0 Å². The van der Waals surface area contributed by atoms with Crippen molar-refractivity contribution in [2.24, 2.45) is 0 Å². The van der Waals surface area contributed by atoms with E-state index in [4.69, 9.17) is 0 Å². The van der Waals surface area contributed by atoms with Crippen molar-refractivity contribution in [3.8, 4) is 134 Å². The third-order valence-electron chi connectivity index (χ3n) is 28.2. The molecule has 0 aliphatic rings. The van der Waals surface area contributed by atoms with Crippen molar-refractivity contribution < 1.29 is 0 Å². The van der Waals surface area contributed by atoms with Crippen LogP contribution in [0.15, 0.2) is 510 Å². The molecule has 0 atom stereocenters. The summed E-state index contributed by atoms with van der Waals surface area (Å²) in [5.41, 5.74) is 38.1. The fourth-order valence-electron chi connectivity index (χ4n) is 21.6. The highest BCUT2D eigenvalue weighted by atomic mass is 32.1. The Morgan fingerprint density at radius 1 is 0.101 bits per heavy atom. The van der Waals surface area contributed by atoms with Gasteiger partial charge in [0.1, 0.15) is 0 Å². The highest BCUT2D eigenvalue weighted by Gasteiger charge is 2.24. The van der Waals surface area contributed by atoms with Gasteiger partial charge in [-0.25, -0.2) is 0 Å². The Hall–Kier alpha value is -17.5. The predicted octanol–water partition coefficient (Wildman–Crippen LogP) is 37.2. The number of fused-ring (bicyclic) bond motifs is 18. The van der Waals surface area contributed by atoms with E-state index in [2.05, 4.69) is 528 Å². The van der Waals surface area contributed by atoms with Crippen LogP contribution >= 0.6 is 22.7 Å². The Kier molecular flexibility index (Phi) is 19.3. The first kappa shape index (κ1) is 80.2. The number of rotatable bonds is 14. The molecule has 6 heteroatoms. The third-order valence-corrected chi connectivity index (χ3v) is 30.5. The number of hydrogen-bond donors (Lipinski definition) is 0. The van der Waals surface area contributed by atoms with Gasteiger partial charge in [-0.2, -0.15) is 0 Å². The van der Waals surface area contributed by atoms with Gasteiger partial charge in [0.15, 0.2) is 0 Å². The number of thiophene rings is 2. The van der Waals surface area contributed by atoms with Crippen molar-refractivity contribution in [2.75, 3.05) is 0 Å². The average Bonchev–Trinajstić information content (AvgIpc) is 1.58. The summed E-state index contributed by atoms with van der Waals surface area (Å²) in [7, 11) is 0. The largest absolute Gasteiger partial charge is 0.309 e. The minimum absolute atomic E-state index is 1.13. The maximum Gasteiger partial charge on any atom is 0.0541 e. The van der Waals surface area contributed by atoms with Crippen molar-refractivity contribution >= 4 is 150 Å². The quantitative estimate of drug-likeness (QED) is 0.103. The van der Waals surface area contributed by atoms with E-state index in [9.17, 15) is 0 Å². The summed E-state index contributed by atoms with van der Waals surface area (Å²) in [5.74, 6) is 0. The van der Waals surface area contributed by atoms with Crippen LogP contribution in [0.4, 0.5) is 0 Å². The van der Waals surface area contributed by atoms with E-state index in [-0.39, 0.29) is 0 Å². The second kappa shape index (κ2) is 33.3. The maximum atomic E-state index is 2.45. The molecule has 0 saturated heterocycles. The second-order valence-corrected chi connectivity index (χ2v) is 38.4. The van der Waals surface area contributed by atoms with E-state index in [1.807, 2.05) is 22.7 Å². The van der Waals surface area contributed by atoms with Crippen LogP contribution in [0.1, 0.15) is 0 Å². The molecular formula is C132H84N4S2. The zero-order valence-corrected chi connectivity index (χ0v) is 76.7. The normalized spacial score (nSPS) is 11.8. The molecule has 0 amide bonds. The fraction of sp³-hybridized carbons (Fsp3) is 0. The molecule has 0 aliphatic carbocycles. The summed E-state index contributed by atoms with van der Waals surface area (Å²) in [5, 5.41) is 15.2. The molecule has 4 nitrogen and oxygen atoms in total. The summed E-state index contributed by atoms with van der Waals surface area (Å²) in [6, 6.07) is 188. The van der Waals surface area contributed by atoms with E-state index in [0.717, 1.165) is 11.4 Å². The molecule has 28 rings (SSSR count). The summed E-state index contributed by atoms with van der Waals surface area (Å²) in [4.78, 5) is 0. The van der Waals surface area contributed by atoms with E-state index in [1.165, 1.54) is 250 Å². The Morgan fingerprint density at radius 2 is 0.326 bits per heavy atom. The zero-order valence-electron chi connectivity index (χ0n) is 75.1. The van der Waals surface area contributed by atoms with Crippen LogP contribution in [0.5, 0.6) is 0 Å². The molecular weight excluding hydrogens is 1710 g/mol. The minimum Gasteiger partial charge on any atom is -0.309 e. The summed E-state index contributed by atoms with van der Waals surface area (Å²) in [6.45, 7) is 0. The number of aromatic nitrogens is 4. The van der Waals surface area contributed by atoms with Gasteiger partial charge in [0.25, 0.3) is 0 Å². The van der Waals surface area contributed by atoms with Crippen LogP contribution in [-0.2, 0) is 0 Å². The zero-order chi connectivity index (χ0) is 90.8. The van der Waals surface area contributed by atoms with Crippen molar-refractivity contribution in [1.82, 2.24) is 18.3 Å². The molecule has 0 unspecified atom stereocenters. The summed E-state index contributed by atoms with van der Waals surface area (Å²) >= 11 is 3.73. The smallest absolute Gasteiger partial charge is 0.0541 e. The lowest BCUT2D eigenvalue weighted by Crippen LogP contribution is -1.95. The molecule has 0 radical (unpaired) electrons. The fourth-order valence-corrected chi connectivity index (χ4v) is 23.8. The van der Waals surface area contributed by atoms with E-state index in [0.29, 0.717) is 0 Å². The van der Waals surface area contributed by atoms with Crippen molar-refractivity contribution in [3.63, 3.8) is 0 Å². The lowest BCUT2D eigenvalue weighted by Gasteiger charge is -2.14. The number of nitrogens with zero attached hydrogens (tertiary/aromatic N) is 4.